The number of carboxylic acid groups (broad SMARTS) is 2. The Bertz CT molecular complexity index is 999. The van der Waals surface area contributed by atoms with Crippen LogP contribution in [0.25, 0.3) is 0 Å². The van der Waals surface area contributed by atoms with Gasteiger partial charge in [-0.05, 0) is 23.6 Å². The minimum Gasteiger partial charge on any atom is -0.508 e. The van der Waals surface area contributed by atoms with Crippen LogP contribution < -0.4 is 27.4 Å². The summed E-state index contributed by atoms with van der Waals surface area (Å²) in [5, 5.41) is 34.7. The third-order valence-corrected chi connectivity index (χ3v) is 5.55. The Balaban J connectivity index is 3.05. The smallest absolute Gasteiger partial charge is 0.326 e. The van der Waals surface area contributed by atoms with E-state index in [0.29, 0.717) is 12.0 Å². The first kappa shape index (κ1) is 30.8. The number of hydrogen-bond acceptors (Lipinski definition) is 8. The average molecular weight is 524 g/mol. The number of hydrogen-bond donors (Lipinski definition) is 8. The predicted molar refractivity (Wildman–Crippen MR) is 129 cm³/mol. The summed E-state index contributed by atoms with van der Waals surface area (Å²) in [6.07, 6.45) is -1.10. The largest absolute Gasteiger partial charge is 0.508 e. The standard InChI is InChI=1S/C23H33N5O9/c1-3-11(2)19(28-20(33)14(24)9-18(31)32)22(35)26-15(10-17(25)30)21(34)27-16(23(36)37)8-12-4-6-13(29)7-5-12/h4-7,11,14-16,19,29H,3,8-10,24H2,1-2H3,(H2,25,30)(H,26,35)(H,27,34)(H,28,33)(H,31,32)(H,36,37). The molecule has 0 aliphatic rings. The van der Waals surface area contributed by atoms with Crippen molar-refractivity contribution in [2.75, 3.05) is 0 Å². The Labute approximate surface area is 212 Å². The van der Waals surface area contributed by atoms with Crippen LogP contribution in [-0.4, -0.2) is 75.1 Å². The second kappa shape index (κ2) is 14.4. The molecular weight excluding hydrogens is 490 g/mol. The Hall–Kier alpha value is -4.20. The molecule has 10 N–H and O–H groups in total. The van der Waals surface area contributed by atoms with Crippen LogP contribution in [0.2, 0.25) is 0 Å². The molecule has 5 unspecified atom stereocenters. The van der Waals surface area contributed by atoms with Crippen LogP contribution in [0.5, 0.6) is 5.75 Å². The average Bonchev–Trinajstić information content (AvgIpc) is 2.81. The zero-order valence-electron chi connectivity index (χ0n) is 20.5. The number of phenols is 1. The van der Waals surface area contributed by atoms with Gasteiger partial charge in [-0.1, -0.05) is 32.4 Å². The van der Waals surface area contributed by atoms with E-state index in [2.05, 4.69) is 16.0 Å². The number of carboxylic acids is 2. The first-order valence-corrected chi connectivity index (χ1v) is 11.4. The Morgan fingerprint density at radius 1 is 0.865 bits per heavy atom. The molecular formula is C23H33N5O9. The molecule has 14 heteroatoms. The molecule has 0 saturated carbocycles. The summed E-state index contributed by atoms with van der Waals surface area (Å²) in [5.41, 5.74) is 11.3. The van der Waals surface area contributed by atoms with E-state index in [4.69, 9.17) is 16.6 Å². The third-order valence-electron chi connectivity index (χ3n) is 5.55. The Kier molecular flexibility index (Phi) is 12.0. The molecule has 0 radical (unpaired) electrons. The zero-order valence-corrected chi connectivity index (χ0v) is 20.5. The van der Waals surface area contributed by atoms with E-state index < -0.39 is 78.5 Å². The highest BCUT2D eigenvalue weighted by molar-refractivity contribution is 5.96. The van der Waals surface area contributed by atoms with Crippen molar-refractivity contribution in [3.63, 3.8) is 0 Å². The van der Waals surface area contributed by atoms with Crippen LogP contribution in [-0.2, 0) is 35.2 Å². The SMILES string of the molecule is CCC(C)C(NC(=O)C(N)CC(=O)O)C(=O)NC(CC(N)=O)C(=O)NC(Cc1ccc(O)cc1)C(=O)O. The molecule has 1 aromatic carbocycles. The predicted octanol–water partition coefficient (Wildman–Crippen LogP) is -1.80. The number of benzene rings is 1. The van der Waals surface area contributed by atoms with E-state index >= 15 is 0 Å². The van der Waals surface area contributed by atoms with Gasteiger partial charge in [-0.2, -0.15) is 0 Å². The summed E-state index contributed by atoms with van der Waals surface area (Å²) < 4.78 is 0. The molecule has 0 saturated heterocycles. The van der Waals surface area contributed by atoms with Crippen molar-refractivity contribution in [3.05, 3.63) is 29.8 Å². The normalized spacial score (nSPS) is 14.8. The van der Waals surface area contributed by atoms with Gasteiger partial charge in [0.2, 0.25) is 23.6 Å². The van der Waals surface area contributed by atoms with Crippen LogP contribution in [0, 0.1) is 5.92 Å². The summed E-state index contributed by atoms with van der Waals surface area (Å²) >= 11 is 0. The Morgan fingerprint density at radius 2 is 1.43 bits per heavy atom. The van der Waals surface area contributed by atoms with Gasteiger partial charge in [0.25, 0.3) is 0 Å². The van der Waals surface area contributed by atoms with Crippen LogP contribution >= 0.6 is 0 Å². The van der Waals surface area contributed by atoms with Gasteiger partial charge in [0.05, 0.1) is 18.9 Å². The third kappa shape index (κ3) is 10.5. The van der Waals surface area contributed by atoms with Crippen molar-refractivity contribution in [3.8, 4) is 5.75 Å². The molecule has 0 aromatic heterocycles. The highest BCUT2D eigenvalue weighted by atomic mass is 16.4. The number of nitrogens with two attached hydrogens (primary N) is 2. The maximum Gasteiger partial charge on any atom is 0.326 e. The quantitative estimate of drug-likeness (QED) is 0.128. The molecule has 1 aromatic rings. The zero-order chi connectivity index (χ0) is 28.3. The summed E-state index contributed by atoms with van der Waals surface area (Å²) in [5.74, 6) is -6.96. The number of nitrogens with one attached hydrogen (secondary N) is 3. The van der Waals surface area contributed by atoms with Gasteiger partial charge in [0, 0.05) is 6.42 Å². The van der Waals surface area contributed by atoms with E-state index in [1.54, 1.807) is 13.8 Å². The molecule has 5 atom stereocenters. The molecule has 0 aliphatic carbocycles. The molecule has 1 rings (SSSR count). The second-order valence-electron chi connectivity index (χ2n) is 8.58. The van der Waals surface area contributed by atoms with Crippen molar-refractivity contribution in [1.82, 2.24) is 16.0 Å². The molecule has 204 valence electrons. The molecule has 0 bridgehead atoms. The van der Waals surface area contributed by atoms with Crippen molar-refractivity contribution < 1.29 is 44.1 Å². The van der Waals surface area contributed by atoms with Crippen LogP contribution in [0.15, 0.2) is 24.3 Å². The van der Waals surface area contributed by atoms with E-state index in [9.17, 15) is 39.0 Å². The second-order valence-corrected chi connectivity index (χ2v) is 8.58. The van der Waals surface area contributed by atoms with Crippen LogP contribution in [0.1, 0.15) is 38.7 Å². The minimum absolute atomic E-state index is 0.0317. The van der Waals surface area contributed by atoms with Crippen molar-refractivity contribution in [2.45, 2.75) is 63.7 Å². The number of carbonyl (C=O) groups excluding carboxylic acids is 4. The maximum atomic E-state index is 13.0. The maximum absolute atomic E-state index is 13.0. The van der Waals surface area contributed by atoms with Gasteiger partial charge >= 0.3 is 11.9 Å². The van der Waals surface area contributed by atoms with Gasteiger partial charge in [-0.3, -0.25) is 24.0 Å². The molecule has 37 heavy (non-hydrogen) atoms. The monoisotopic (exact) mass is 523 g/mol. The van der Waals surface area contributed by atoms with Gasteiger partial charge in [0.1, 0.15) is 23.9 Å². The number of carbonyl (C=O) groups is 6. The fourth-order valence-corrected chi connectivity index (χ4v) is 3.26. The highest BCUT2D eigenvalue weighted by Gasteiger charge is 2.33. The number of phenolic OH excluding ortho intramolecular Hbond substituents is 1. The lowest BCUT2D eigenvalue weighted by molar-refractivity contribution is -0.142. The van der Waals surface area contributed by atoms with Gasteiger partial charge in [-0.25, -0.2) is 4.79 Å². The van der Waals surface area contributed by atoms with Crippen LogP contribution in [0.4, 0.5) is 0 Å². The summed E-state index contributed by atoms with van der Waals surface area (Å²) in [6.45, 7) is 3.34. The number of amides is 4. The minimum atomic E-state index is -1.57. The van der Waals surface area contributed by atoms with E-state index in [-0.39, 0.29) is 12.2 Å². The van der Waals surface area contributed by atoms with Crippen LogP contribution in [0.3, 0.4) is 0 Å². The van der Waals surface area contributed by atoms with Gasteiger partial charge in [-0.15, -0.1) is 0 Å². The lowest BCUT2D eigenvalue weighted by atomic mass is 9.97. The molecule has 0 heterocycles. The van der Waals surface area contributed by atoms with E-state index in [1.807, 2.05) is 0 Å². The number of primary amides is 1. The topological polar surface area (TPSA) is 251 Å². The fourth-order valence-electron chi connectivity index (χ4n) is 3.26. The Morgan fingerprint density at radius 3 is 1.92 bits per heavy atom. The summed E-state index contributed by atoms with van der Waals surface area (Å²) in [4.78, 5) is 72.3. The highest BCUT2D eigenvalue weighted by Crippen LogP contribution is 2.12. The fraction of sp³-hybridized carbons (Fsp3) is 0.478. The van der Waals surface area contributed by atoms with Gasteiger partial charge < -0.3 is 42.7 Å². The number of aromatic hydroxyl groups is 1. The molecule has 14 nitrogen and oxygen atoms in total. The summed E-state index contributed by atoms with van der Waals surface area (Å²) in [6, 6.07) is -0.0596. The number of rotatable bonds is 15. The summed E-state index contributed by atoms with van der Waals surface area (Å²) in [7, 11) is 0. The van der Waals surface area contributed by atoms with E-state index in [0.717, 1.165) is 0 Å². The molecule has 0 aliphatic heterocycles. The first-order chi connectivity index (χ1) is 17.2. The molecule has 0 fully saturated rings. The van der Waals surface area contributed by atoms with Crippen molar-refractivity contribution in [2.24, 2.45) is 17.4 Å². The van der Waals surface area contributed by atoms with E-state index in [1.165, 1.54) is 24.3 Å². The molecule has 0 spiro atoms. The number of aliphatic carboxylic acids is 2. The van der Waals surface area contributed by atoms with Gasteiger partial charge in [0.15, 0.2) is 0 Å². The molecule has 4 amide bonds. The lowest BCUT2D eigenvalue weighted by Gasteiger charge is -2.27. The van der Waals surface area contributed by atoms with Crippen molar-refractivity contribution >= 4 is 35.6 Å². The first-order valence-electron chi connectivity index (χ1n) is 11.4. The lowest BCUT2D eigenvalue weighted by Crippen LogP contribution is -2.59. The van der Waals surface area contributed by atoms with Crippen molar-refractivity contribution in [1.29, 1.82) is 0 Å².